The molecule has 1 fully saturated rings. The van der Waals surface area contributed by atoms with E-state index in [-0.39, 0.29) is 18.1 Å². The summed E-state index contributed by atoms with van der Waals surface area (Å²) in [4.78, 5) is 25.1. The minimum Gasteiger partial charge on any atom is -0.444 e. The summed E-state index contributed by atoms with van der Waals surface area (Å²) in [6.07, 6.45) is 0.502. The second kappa shape index (κ2) is 6.92. The third-order valence-corrected chi connectivity index (χ3v) is 3.11. The van der Waals surface area contributed by atoms with Gasteiger partial charge < -0.3 is 19.7 Å². The van der Waals surface area contributed by atoms with Crippen LogP contribution in [-0.2, 0) is 14.3 Å². The first kappa shape index (κ1) is 16.8. The molecule has 1 aliphatic heterocycles. The summed E-state index contributed by atoms with van der Waals surface area (Å²) in [5.74, 6) is 0.00673. The second-order valence-electron chi connectivity index (χ2n) is 6.06. The maximum atomic E-state index is 11.9. The van der Waals surface area contributed by atoms with Gasteiger partial charge in [-0.15, -0.1) is 0 Å². The molecule has 2 atom stereocenters. The van der Waals surface area contributed by atoms with Crippen molar-refractivity contribution in [3.63, 3.8) is 0 Å². The third-order valence-electron chi connectivity index (χ3n) is 3.11. The Bertz CT molecular complexity index is 352. The summed E-state index contributed by atoms with van der Waals surface area (Å²) in [5.41, 5.74) is -0.511. The zero-order valence-electron chi connectivity index (χ0n) is 13.1. The van der Waals surface area contributed by atoms with Crippen molar-refractivity contribution in [1.82, 2.24) is 10.2 Å². The van der Waals surface area contributed by atoms with Gasteiger partial charge in [0.05, 0.1) is 6.10 Å². The van der Waals surface area contributed by atoms with E-state index in [9.17, 15) is 9.59 Å². The van der Waals surface area contributed by atoms with Crippen molar-refractivity contribution in [2.75, 3.05) is 20.1 Å². The number of hydrogen-bond acceptors (Lipinski definition) is 4. The van der Waals surface area contributed by atoms with Crippen LogP contribution in [0.1, 0.15) is 40.5 Å². The largest absolute Gasteiger partial charge is 0.444 e. The van der Waals surface area contributed by atoms with Gasteiger partial charge in [-0.2, -0.15) is 0 Å². The molecule has 0 saturated carbocycles. The number of carbonyl (C=O) groups excluding carboxylic acids is 2. The predicted octanol–water partition coefficient (Wildman–Crippen LogP) is 1.54. The molecule has 1 aliphatic rings. The first-order valence-electron chi connectivity index (χ1n) is 7.10. The van der Waals surface area contributed by atoms with Gasteiger partial charge in [-0.05, 0) is 40.5 Å². The number of likely N-dealkylation sites (N-methyl/N-ethyl adjacent to an activating group) is 1. The highest BCUT2D eigenvalue weighted by Gasteiger charge is 2.32. The molecule has 6 heteroatoms. The average Bonchev–Trinajstić information content (AvgIpc) is 2.81. The van der Waals surface area contributed by atoms with Crippen molar-refractivity contribution in [2.45, 2.75) is 58.3 Å². The van der Waals surface area contributed by atoms with Crippen LogP contribution in [0.3, 0.4) is 0 Å². The van der Waals surface area contributed by atoms with Crippen LogP contribution in [0.15, 0.2) is 0 Å². The van der Waals surface area contributed by atoms with Crippen molar-refractivity contribution in [2.24, 2.45) is 0 Å². The van der Waals surface area contributed by atoms with E-state index in [1.807, 2.05) is 27.7 Å². The van der Waals surface area contributed by atoms with Gasteiger partial charge >= 0.3 is 6.09 Å². The quantitative estimate of drug-likeness (QED) is 0.851. The van der Waals surface area contributed by atoms with E-state index in [2.05, 4.69) is 5.32 Å². The number of amides is 2. The molecule has 0 aromatic rings. The van der Waals surface area contributed by atoms with Crippen LogP contribution >= 0.6 is 0 Å². The van der Waals surface area contributed by atoms with Crippen LogP contribution in [-0.4, -0.2) is 54.8 Å². The van der Waals surface area contributed by atoms with E-state index in [0.29, 0.717) is 19.5 Å². The van der Waals surface area contributed by atoms with Gasteiger partial charge in [-0.1, -0.05) is 0 Å². The Balaban J connectivity index is 2.31. The van der Waals surface area contributed by atoms with Gasteiger partial charge in [-0.25, -0.2) is 4.79 Å². The monoisotopic (exact) mass is 286 g/mol. The molecule has 6 nitrogen and oxygen atoms in total. The predicted molar refractivity (Wildman–Crippen MR) is 75.4 cm³/mol. The lowest BCUT2D eigenvalue weighted by molar-refractivity contribution is -0.141. The van der Waals surface area contributed by atoms with Gasteiger partial charge in [0.1, 0.15) is 11.7 Å². The number of ether oxygens (including phenoxy) is 2. The maximum absolute atomic E-state index is 11.9. The van der Waals surface area contributed by atoms with E-state index < -0.39 is 11.7 Å². The Hall–Kier alpha value is -1.30. The molecule has 1 heterocycles. The molecule has 0 aromatic heterocycles. The second-order valence-corrected chi connectivity index (χ2v) is 6.06. The fourth-order valence-corrected chi connectivity index (χ4v) is 1.95. The fraction of sp³-hybridized carbons (Fsp3) is 0.857. The molecule has 20 heavy (non-hydrogen) atoms. The molecule has 0 radical (unpaired) electrons. The molecule has 0 aromatic carbocycles. The highest BCUT2D eigenvalue weighted by molar-refractivity contribution is 5.80. The Kier molecular flexibility index (Phi) is 5.80. The molecule has 1 rings (SSSR count). The summed E-state index contributed by atoms with van der Waals surface area (Å²) in [6, 6.07) is 0. The van der Waals surface area contributed by atoms with E-state index in [0.717, 1.165) is 6.42 Å². The smallest absolute Gasteiger partial charge is 0.407 e. The van der Waals surface area contributed by atoms with E-state index in [1.54, 1.807) is 11.9 Å². The zero-order valence-corrected chi connectivity index (χ0v) is 13.1. The minimum atomic E-state index is -0.511. The SMILES string of the molecule is CCN(C)C(=O)[C@H]1CC[C@H](CNC(=O)OC(C)(C)C)O1. The Morgan fingerprint density at radius 1 is 1.35 bits per heavy atom. The highest BCUT2D eigenvalue weighted by atomic mass is 16.6. The summed E-state index contributed by atoms with van der Waals surface area (Å²) < 4.78 is 10.8. The summed E-state index contributed by atoms with van der Waals surface area (Å²) in [7, 11) is 1.76. The molecule has 116 valence electrons. The van der Waals surface area contributed by atoms with E-state index in [4.69, 9.17) is 9.47 Å². The lowest BCUT2D eigenvalue weighted by Gasteiger charge is -2.21. The lowest BCUT2D eigenvalue weighted by atomic mass is 10.2. The summed E-state index contributed by atoms with van der Waals surface area (Å²) >= 11 is 0. The van der Waals surface area contributed by atoms with Crippen molar-refractivity contribution in [3.05, 3.63) is 0 Å². The normalized spacial score (nSPS) is 22.4. The van der Waals surface area contributed by atoms with E-state index >= 15 is 0 Å². The number of hydrogen-bond donors (Lipinski definition) is 1. The molecular weight excluding hydrogens is 260 g/mol. The zero-order chi connectivity index (χ0) is 15.3. The number of rotatable bonds is 4. The van der Waals surface area contributed by atoms with Crippen molar-refractivity contribution >= 4 is 12.0 Å². The molecule has 1 N–H and O–H groups in total. The van der Waals surface area contributed by atoms with Crippen molar-refractivity contribution in [1.29, 1.82) is 0 Å². The minimum absolute atomic E-state index is 0.00673. The Morgan fingerprint density at radius 2 is 2.00 bits per heavy atom. The molecule has 0 aliphatic carbocycles. The topological polar surface area (TPSA) is 67.9 Å². The lowest BCUT2D eigenvalue weighted by Crippen LogP contribution is -2.39. The Labute approximate surface area is 120 Å². The third kappa shape index (κ3) is 5.36. The fourth-order valence-electron chi connectivity index (χ4n) is 1.95. The first-order chi connectivity index (χ1) is 9.23. The molecular formula is C14H26N2O4. The van der Waals surface area contributed by atoms with Crippen LogP contribution in [0.4, 0.5) is 4.79 Å². The van der Waals surface area contributed by atoms with E-state index in [1.165, 1.54) is 0 Å². The highest BCUT2D eigenvalue weighted by Crippen LogP contribution is 2.20. The molecule has 1 saturated heterocycles. The molecule has 2 amide bonds. The van der Waals surface area contributed by atoms with Gasteiger partial charge in [0.15, 0.2) is 0 Å². The van der Waals surface area contributed by atoms with Crippen LogP contribution in [0, 0.1) is 0 Å². The van der Waals surface area contributed by atoms with Gasteiger partial charge in [0.2, 0.25) is 0 Å². The summed E-state index contributed by atoms with van der Waals surface area (Å²) in [5, 5.41) is 2.67. The number of carbonyl (C=O) groups is 2. The van der Waals surface area contributed by atoms with Gasteiger partial charge in [0.25, 0.3) is 5.91 Å². The van der Waals surface area contributed by atoms with Crippen LogP contribution < -0.4 is 5.32 Å². The van der Waals surface area contributed by atoms with Crippen molar-refractivity contribution < 1.29 is 19.1 Å². The van der Waals surface area contributed by atoms with Gasteiger partial charge in [-0.3, -0.25) is 4.79 Å². The van der Waals surface area contributed by atoms with Crippen LogP contribution in [0.5, 0.6) is 0 Å². The number of nitrogens with one attached hydrogen (secondary N) is 1. The van der Waals surface area contributed by atoms with Crippen LogP contribution in [0.2, 0.25) is 0 Å². The maximum Gasteiger partial charge on any atom is 0.407 e. The first-order valence-corrected chi connectivity index (χ1v) is 7.10. The molecule has 0 unspecified atom stereocenters. The molecule has 0 spiro atoms. The van der Waals surface area contributed by atoms with Gasteiger partial charge in [0, 0.05) is 20.1 Å². The molecule has 0 bridgehead atoms. The van der Waals surface area contributed by atoms with Crippen LogP contribution in [0.25, 0.3) is 0 Å². The summed E-state index contributed by atoms with van der Waals surface area (Å²) in [6.45, 7) is 8.40. The average molecular weight is 286 g/mol. The number of nitrogens with zero attached hydrogens (tertiary/aromatic N) is 1. The standard InChI is InChI=1S/C14H26N2O4/c1-6-16(5)12(17)11-8-7-10(19-11)9-15-13(18)20-14(2,3)4/h10-11H,6-9H2,1-5H3,(H,15,18)/t10-,11-/m1/s1. The number of alkyl carbamates (subject to hydrolysis) is 1. The van der Waals surface area contributed by atoms with Crippen molar-refractivity contribution in [3.8, 4) is 0 Å². The Morgan fingerprint density at radius 3 is 2.55 bits per heavy atom.